The van der Waals surface area contributed by atoms with Crippen molar-refractivity contribution >= 4 is 0 Å². The molecule has 2 fully saturated rings. The molecule has 0 aromatic rings. The summed E-state index contributed by atoms with van der Waals surface area (Å²) in [6.45, 7) is 0. The minimum Gasteiger partial charge on any atom is -0.0839 e. The zero-order valence-electron chi connectivity index (χ0n) is 11.8. The normalized spacial score (nSPS) is 30.3. The van der Waals surface area contributed by atoms with Crippen molar-refractivity contribution in [3.63, 3.8) is 0 Å². The van der Waals surface area contributed by atoms with E-state index in [0.29, 0.717) is 0 Å². The summed E-state index contributed by atoms with van der Waals surface area (Å²) in [5.74, 6) is 1.88. The molecule has 100 valence electrons. The second-order valence-electron chi connectivity index (χ2n) is 5.99. The van der Waals surface area contributed by atoms with Crippen molar-refractivity contribution in [2.75, 3.05) is 0 Å². The van der Waals surface area contributed by atoms with E-state index in [0.717, 1.165) is 11.8 Å². The van der Waals surface area contributed by atoms with Crippen LogP contribution in [0.25, 0.3) is 0 Å². The molecule has 0 spiro atoms. The van der Waals surface area contributed by atoms with Crippen molar-refractivity contribution in [2.45, 2.75) is 51.4 Å². The first-order valence-electron chi connectivity index (χ1n) is 7.64. The molecule has 4 aliphatic carbocycles. The Kier molecular flexibility index (Phi) is 6.08. The third-order valence-electron chi connectivity index (χ3n) is 4.82. The van der Waals surface area contributed by atoms with Crippen LogP contribution in [-0.2, 0) is 26.2 Å². The summed E-state index contributed by atoms with van der Waals surface area (Å²) >= 11 is 0. The van der Waals surface area contributed by atoms with E-state index >= 15 is 0 Å². The maximum absolute atomic E-state index is 2.31. The molecule has 0 amide bonds. The zero-order chi connectivity index (χ0) is 12.2. The molecule has 19 heavy (non-hydrogen) atoms. The summed E-state index contributed by atoms with van der Waals surface area (Å²) in [5, 5.41) is 0. The van der Waals surface area contributed by atoms with Gasteiger partial charge in [-0.25, -0.2) is 0 Å². The molecular formula is C18H24Zr. The first-order valence-corrected chi connectivity index (χ1v) is 7.64. The van der Waals surface area contributed by atoms with Crippen LogP contribution in [0.15, 0.2) is 47.6 Å². The Labute approximate surface area is 136 Å². The van der Waals surface area contributed by atoms with Crippen LogP contribution in [0, 0.1) is 11.8 Å². The van der Waals surface area contributed by atoms with Gasteiger partial charge in [0.25, 0.3) is 0 Å². The number of rotatable bonds is 0. The van der Waals surface area contributed by atoms with Gasteiger partial charge in [0.1, 0.15) is 0 Å². The van der Waals surface area contributed by atoms with Crippen LogP contribution in [0.4, 0.5) is 0 Å². The number of fused-ring (bicyclic) bond motifs is 2. The van der Waals surface area contributed by atoms with E-state index < -0.39 is 0 Å². The number of hydrogen-bond donors (Lipinski definition) is 0. The maximum Gasteiger partial charge on any atom is 0 e. The van der Waals surface area contributed by atoms with Gasteiger partial charge in [-0.3, -0.25) is 0 Å². The van der Waals surface area contributed by atoms with E-state index in [1.807, 2.05) is 0 Å². The SMILES string of the molecule is C1=CCC2CCCC2=C1.C1=CCC2CCCC2=C1.[Zr]. The van der Waals surface area contributed by atoms with Crippen LogP contribution in [0.3, 0.4) is 0 Å². The molecule has 4 aliphatic rings. The summed E-state index contributed by atoms with van der Waals surface area (Å²) in [4.78, 5) is 0. The molecule has 0 aromatic carbocycles. The predicted octanol–water partition coefficient (Wildman–Crippen LogP) is 5.34. The smallest absolute Gasteiger partial charge is 0 e. The Morgan fingerprint density at radius 2 is 1.21 bits per heavy atom. The predicted molar refractivity (Wildman–Crippen MR) is 78.4 cm³/mol. The summed E-state index contributed by atoms with van der Waals surface area (Å²) in [6, 6.07) is 0. The third-order valence-corrected chi connectivity index (χ3v) is 4.82. The summed E-state index contributed by atoms with van der Waals surface area (Å²) in [7, 11) is 0. The number of allylic oxidation sites excluding steroid dienone is 8. The van der Waals surface area contributed by atoms with Gasteiger partial charge < -0.3 is 0 Å². The molecule has 2 saturated carbocycles. The van der Waals surface area contributed by atoms with Crippen molar-refractivity contribution in [1.29, 1.82) is 0 Å². The first-order chi connectivity index (χ1) is 8.93. The molecule has 2 atom stereocenters. The van der Waals surface area contributed by atoms with Crippen molar-refractivity contribution < 1.29 is 26.2 Å². The van der Waals surface area contributed by atoms with Gasteiger partial charge in [0.15, 0.2) is 0 Å². The van der Waals surface area contributed by atoms with E-state index in [1.165, 1.54) is 51.4 Å². The topological polar surface area (TPSA) is 0 Å². The Morgan fingerprint density at radius 1 is 0.737 bits per heavy atom. The molecular weight excluding hydrogens is 307 g/mol. The molecule has 0 aromatic heterocycles. The van der Waals surface area contributed by atoms with Gasteiger partial charge in [-0.15, -0.1) is 0 Å². The largest absolute Gasteiger partial charge is 0.0839 e. The fraction of sp³-hybridized carbons (Fsp3) is 0.556. The van der Waals surface area contributed by atoms with Gasteiger partial charge in [0.2, 0.25) is 0 Å². The van der Waals surface area contributed by atoms with Gasteiger partial charge >= 0.3 is 0 Å². The maximum atomic E-state index is 2.31. The molecule has 0 aliphatic heterocycles. The molecule has 0 nitrogen and oxygen atoms in total. The summed E-state index contributed by atoms with van der Waals surface area (Å²) in [5.41, 5.74) is 3.41. The summed E-state index contributed by atoms with van der Waals surface area (Å²) in [6.07, 6.45) is 24.7. The van der Waals surface area contributed by atoms with Crippen LogP contribution in [0.5, 0.6) is 0 Å². The quantitative estimate of drug-likeness (QED) is 0.562. The molecule has 0 saturated heterocycles. The van der Waals surface area contributed by atoms with Crippen molar-refractivity contribution in [3.8, 4) is 0 Å². The van der Waals surface area contributed by atoms with E-state index in [9.17, 15) is 0 Å². The third kappa shape index (κ3) is 3.91. The minimum absolute atomic E-state index is 0. The van der Waals surface area contributed by atoms with E-state index in [1.54, 1.807) is 11.1 Å². The fourth-order valence-corrected chi connectivity index (χ4v) is 3.73. The first kappa shape index (κ1) is 15.2. The van der Waals surface area contributed by atoms with E-state index in [-0.39, 0.29) is 26.2 Å². The number of hydrogen-bond acceptors (Lipinski definition) is 0. The average molecular weight is 332 g/mol. The molecule has 1 heteroatoms. The summed E-state index contributed by atoms with van der Waals surface area (Å²) < 4.78 is 0. The molecule has 2 unspecified atom stereocenters. The second kappa shape index (κ2) is 7.58. The Balaban J connectivity index is 0.000000133. The van der Waals surface area contributed by atoms with Crippen LogP contribution in [0.2, 0.25) is 0 Å². The van der Waals surface area contributed by atoms with Crippen molar-refractivity contribution in [1.82, 2.24) is 0 Å². The van der Waals surface area contributed by atoms with Crippen LogP contribution < -0.4 is 0 Å². The van der Waals surface area contributed by atoms with Gasteiger partial charge in [-0.2, -0.15) is 0 Å². The molecule has 0 radical (unpaired) electrons. The average Bonchev–Trinajstić information content (AvgIpc) is 3.08. The van der Waals surface area contributed by atoms with Crippen molar-refractivity contribution in [3.05, 3.63) is 47.6 Å². The Bertz CT molecular complexity index is 371. The second-order valence-corrected chi connectivity index (χ2v) is 5.99. The van der Waals surface area contributed by atoms with E-state index in [4.69, 9.17) is 0 Å². The molecule has 4 rings (SSSR count). The van der Waals surface area contributed by atoms with Crippen LogP contribution in [-0.4, -0.2) is 0 Å². The zero-order valence-corrected chi connectivity index (χ0v) is 14.2. The Morgan fingerprint density at radius 3 is 1.63 bits per heavy atom. The van der Waals surface area contributed by atoms with Gasteiger partial charge in [0, 0.05) is 26.2 Å². The van der Waals surface area contributed by atoms with Crippen LogP contribution in [0.1, 0.15) is 51.4 Å². The van der Waals surface area contributed by atoms with E-state index in [2.05, 4.69) is 36.5 Å². The fourth-order valence-electron chi connectivity index (χ4n) is 3.73. The monoisotopic (exact) mass is 330 g/mol. The van der Waals surface area contributed by atoms with Gasteiger partial charge in [-0.05, 0) is 63.2 Å². The van der Waals surface area contributed by atoms with Gasteiger partial charge in [0.05, 0.1) is 0 Å². The standard InChI is InChI=1S/2C9H12.Zr/c2*1-2-5-9-7-3-6-8(9)4-1;/h2*1-2,4,9H,3,5-7H2;. The van der Waals surface area contributed by atoms with Gasteiger partial charge in [-0.1, -0.05) is 47.6 Å². The van der Waals surface area contributed by atoms with Crippen molar-refractivity contribution in [2.24, 2.45) is 11.8 Å². The molecule has 0 N–H and O–H groups in total. The molecule has 0 bridgehead atoms. The molecule has 0 heterocycles. The Hall–Kier alpha value is -0.157. The minimum atomic E-state index is 0. The van der Waals surface area contributed by atoms with Crippen LogP contribution >= 0.6 is 0 Å².